The van der Waals surface area contributed by atoms with Crippen molar-refractivity contribution < 1.29 is 9.53 Å². The summed E-state index contributed by atoms with van der Waals surface area (Å²) < 4.78 is 5.47. The van der Waals surface area contributed by atoms with Gasteiger partial charge in [0, 0.05) is 33.3 Å². The van der Waals surface area contributed by atoms with Crippen LogP contribution in [0.4, 0.5) is 4.79 Å². The minimum absolute atomic E-state index is 0.120. The monoisotopic (exact) mass is 361 g/mol. The fourth-order valence-electron chi connectivity index (χ4n) is 3.89. The minimum atomic E-state index is -0.122. The number of urea groups is 1. The summed E-state index contributed by atoms with van der Waals surface area (Å²) in [5, 5.41) is 5.84. The summed E-state index contributed by atoms with van der Waals surface area (Å²) in [7, 11) is 1.67. The molecule has 26 heavy (non-hydrogen) atoms. The van der Waals surface area contributed by atoms with Crippen LogP contribution in [-0.2, 0) is 4.74 Å². The fourth-order valence-corrected chi connectivity index (χ4v) is 3.89. The second kappa shape index (κ2) is 11.2. The van der Waals surface area contributed by atoms with Crippen molar-refractivity contribution in [2.24, 2.45) is 11.8 Å². The van der Waals surface area contributed by atoms with Crippen LogP contribution in [0.5, 0.6) is 0 Å². The van der Waals surface area contributed by atoms with E-state index < -0.39 is 0 Å². The Hall–Kier alpha value is -1.59. The standard InChI is InChI=1S/C21H35N3O2/c1-17-13-18(2)16-24(15-17)12-8-7-11-22-21(25)23-14-20(26-3)19-9-5-4-6-10-19/h4-6,9-10,17-18,20H,7-8,11-16H2,1-3H3,(H2,22,23,25). The number of nitrogens with zero attached hydrogens (tertiary/aromatic N) is 1. The van der Waals surface area contributed by atoms with Crippen molar-refractivity contribution in [1.29, 1.82) is 0 Å². The number of likely N-dealkylation sites (tertiary alicyclic amines) is 1. The first kappa shape index (κ1) is 20.7. The highest BCUT2D eigenvalue weighted by Crippen LogP contribution is 2.21. The highest BCUT2D eigenvalue weighted by molar-refractivity contribution is 5.73. The number of benzene rings is 1. The molecule has 2 rings (SSSR count). The van der Waals surface area contributed by atoms with E-state index in [1.807, 2.05) is 30.3 Å². The number of hydrogen-bond donors (Lipinski definition) is 2. The van der Waals surface area contributed by atoms with Crippen molar-refractivity contribution in [3.8, 4) is 0 Å². The molecule has 1 aromatic carbocycles. The lowest BCUT2D eigenvalue weighted by atomic mass is 9.92. The first-order chi connectivity index (χ1) is 12.6. The molecule has 2 amide bonds. The molecule has 1 heterocycles. The molecule has 146 valence electrons. The maximum atomic E-state index is 12.0. The van der Waals surface area contributed by atoms with Crippen molar-refractivity contribution in [1.82, 2.24) is 15.5 Å². The van der Waals surface area contributed by atoms with Gasteiger partial charge >= 0.3 is 6.03 Å². The Morgan fingerprint density at radius 3 is 2.50 bits per heavy atom. The van der Waals surface area contributed by atoms with Crippen molar-refractivity contribution in [3.05, 3.63) is 35.9 Å². The topological polar surface area (TPSA) is 53.6 Å². The lowest BCUT2D eigenvalue weighted by Crippen LogP contribution is -2.40. The molecule has 0 aromatic heterocycles. The van der Waals surface area contributed by atoms with E-state index in [9.17, 15) is 4.79 Å². The number of methoxy groups -OCH3 is 1. The second-order valence-corrected chi connectivity index (χ2v) is 7.68. The van der Waals surface area contributed by atoms with Gasteiger partial charge in [0.1, 0.15) is 0 Å². The van der Waals surface area contributed by atoms with Gasteiger partial charge in [0.2, 0.25) is 0 Å². The minimum Gasteiger partial charge on any atom is -0.375 e. The van der Waals surface area contributed by atoms with E-state index in [1.54, 1.807) is 7.11 Å². The van der Waals surface area contributed by atoms with Gasteiger partial charge in [0.25, 0.3) is 0 Å². The lowest BCUT2D eigenvalue weighted by Gasteiger charge is -2.34. The summed E-state index contributed by atoms with van der Waals surface area (Å²) >= 11 is 0. The molecule has 1 saturated heterocycles. The first-order valence-electron chi connectivity index (χ1n) is 9.90. The van der Waals surface area contributed by atoms with E-state index in [-0.39, 0.29) is 12.1 Å². The third-order valence-corrected chi connectivity index (χ3v) is 5.04. The molecule has 0 radical (unpaired) electrons. The molecule has 0 aliphatic carbocycles. The van der Waals surface area contributed by atoms with E-state index in [4.69, 9.17) is 4.74 Å². The van der Waals surface area contributed by atoms with Gasteiger partial charge < -0.3 is 20.3 Å². The van der Waals surface area contributed by atoms with Crippen LogP contribution in [-0.4, -0.2) is 50.8 Å². The van der Waals surface area contributed by atoms with Gasteiger partial charge in [0.05, 0.1) is 6.10 Å². The predicted molar refractivity (Wildman–Crippen MR) is 106 cm³/mol. The van der Waals surface area contributed by atoms with Gasteiger partial charge in [-0.25, -0.2) is 4.79 Å². The summed E-state index contributed by atoms with van der Waals surface area (Å²) in [4.78, 5) is 14.5. The summed E-state index contributed by atoms with van der Waals surface area (Å²) in [5.41, 5.74) is 1.07. The van der Waals surface area contributed by atoms with Crippen molar-refractivity contribution in [3.63, 3.8) is 0 Å². The third-order valence-electron chi connectivity index (χ3n) is 5.04. The van der Waals surface area contributed by atoms with Crippen LogP contribution in [0.3, 0.4) is 0 Å². The highest BCUT2D eigenvalue weighted by Gasteiger charge is 2.20. The van der Waals surface area contributed by atoms with Crippen LogP contribution in [0, 0.1) is 11.8 Å². The molecular formula is C21H35N3O2. The third kappa shape index (κ3) is 7.34. The summed E-state index contributed by atoms with van der Waals surface area (Å²) in [5.74, 6) is 1.61. The summed E-state index contributed by atoms with van der Waals surface area (Å²) in [6.45, 7) is 9.45. The van der Waals surface area contributed by atoms with Crippen LogP contribution in [0.1, 0.15) is 44.8 Å². The number of hydrogen-bond acceptors (Lipinski definition) is 3. The molecule has 1 fully saturated rings. The zero-order valence-electron chi connectivity index (χ0n) is 16.5. The van der Waals surface area contributed by atoms with E-state index >= 15 is 0 Å². The molecule has 5 nitrogen and oxygen atoms in total. The highest BCUT2D eigenvalue weighted by atomic mass is 16.5. The number of carbonyl (C=O) groups excluding carboxylic acids is 1. The maximum absolute atomic E-state index is 12.0. The number of amides is 2. The number of unbranched alkanes of at least 4 members (excludes halogenated alkanes) is 1. The average molecular weight is 362 g/mol. The largest absolute Gasteiger partial charge is 0.375 e. The average Bonchev–Trinajstić information content (AvgIpc) is 2.62. The Bertz CT molecular complexity index is 513. The fraction of sp³-hybridized carbons (Fsp3) is 0.667. The zero-order valence-corrected chi connectivity index (χ0v) is 16.5. The molecule has 0 saturated carbocycles. The molecule has 1 aliphatic rings. The molecule has 3 atom stereocenters. The van der Waals surface area contributed by atoms with Gasteiger partial charge in [0.15, 0.2) is 0 Å². The van der Waals surface area contributed by atoms with Crippen LogP contribution in [0.2, 0.25) is 0 Å². The van der Waals surface area contributed by atoms with Crippen LogP contribution < -0.4 is 10.6 Å². The molecule has 3 unspecified atom stereocenters. The first-order valence-corrected chi connectivity index (χ1v) is 9.90. The Morgan fingerprint density at radius 1 is 1.15 bits per heavy atom. The number of piperidine rings is 1. The Balaban J connectivity index is 1.56. The molecule has 0 spiro atoms. The van der Waals surface area contributed by atoms with Gasteiger partial charge in [-0.15, -0.1) is 0 Å². The number of nitrogens with one attached hydrogen (secondary N) is 2. The molecule has 1 aromatic rings. The lowest BCUT2D eigenvalue weighted by molar-refractivity contribution is 0.104. The van der Waals surface area contributed by atoms with E-state index in [0.29, 0.717) is 13.1 Å². The van der Waals surface area contributed by atoms with E-state index in [1.165, 1.54) is 19.5 Å². The molecule has 2 N–H and O–H groups in total. The predicted octanol–water partition coefficient (Wildman–Crippen LogP) is 3.43. The Labute approximate surface area is 158 Å². The number of rotatable bonds is 9. The maximum Gasteiger partial charge on any atom is 0.314 e. The van der Waals surface area contributed by atoms with Gasteiger partial charge in [-0.1, -0.05) is 44.2 Å². The summed E-state index contributed by atoms with van der Waals surface area (Å²) in [6.07, 6.45) is 3.37. The van der Waals surface area contributed by atoms with Crippen LogP contribution in [0.15, 0.2) is 30.3 Å². The molecule has 1 aliphatic heterocycles. The van der Waals surface area contributed by atoms with Crippen molar-refractivity contribution in [2.75, 3.05) is 39.8 Å². The normalized spacial score (nSPS) is 22.0. The SMILES string of the molecule is COC(CNC(=O)NCCCCN1CC(C)CC(C)C1)c1ccccc1. The Morgan fingerprint density at radius 2 is 1.85 bits per heavy atom. The number of ether oxygens (including phenoxy) is 1. The van der Waals surface area contributed by atoms with Crippen molar-refractivity contribution >= 4 is 6.03 Å². The Kier molecular flexibility index (Phi) is 8.92. The molecular weight excluding hydrogens is 326 g/mol. The van der Waals surface area contributed by atoms with Gasteiger partial charge in [-0.2, -0.15) is 0 Å². The van der Waals surface area contributed by atoms with E-state index in [2.05, 4.69) is 29.4 Å². The zero-order chi connectivity index (χ0) is 18.8. The van der Waals surface area contributed by atoms with Gasteiger partial charge in [-0.05, 0) is 43.2 Å². The number of carbonyl (C=O) groups is 1. The summed E-state index contributed by atoms with van der Waals surface area (Å²) in [6, 6.07) is 9.83. The quantitative estimate of drug-likeness (QED) is 0.663. The molecule has 0 bridgehead atoms. The smallest absolute Gasteiger partial charge is 0.314 e. The van der Waals surface area contributed by atoms with Crippen molar-refractivity contribution in [2.45, 2.75) is 39.2 Å². The van der Waals surface area contributed by atoms with E-state index in [0.717, 1.165) is 36.8 Å². The van der Waals surface area contributed by atoms with Crippen LogP contribution >= 0.6 is 0 Å². The second-order valence-electron chi connectivity index (χ2n) is 7.68. The molecule has 5 heteroatoms. The van der Waals surface area contributed by atoms with Gasteiger partial charge in [-0.3, -0.25) is 0 Å². The van der Waals surface area contributed by atoms with Crippen LogP contribution in [0.25, 0.3) is 0 Å².